The molecule has 2 aromatic carbocycles. The van der Waals surface area contributed by atoms with Crippen molar-refractivity contribution in [1.82, 2.24) is 0 Å². The monoisotopic (exact) mass is 274 g/mol. The van der Waals surface area contributed by atoms with Crippen LogP contribution in [-0.4, -0.2) is 17.5 Å². The summed E-state index contributed by atoms with van der Waals surface area (Å²) in [6.45, 7) is 2.75. The van der Waals surface area contributed by atoms with Gasteiger partial charge in [-0.25, -0.2) is 0 Å². The number of benzene rings is 2. The van der Waals surface area contributed by atoms with Gasteiger partial charge in [0.05, 0.1) is 6.61 Å². The van der Waals surface area contributed by atoms with Gasteiger partial charge in [0.1, 0.15) is 11.5 Å². The van der Waals surface area contributed by atoms with Crippen molar-refractivity contribution >= 4 is 11.8 Å². The van der Waals surface area contributed by atoms with Crippen molar-refractivity contribution in [1.29, 1.82) is 0 Å². The van der Waals surface area contributed by atoms with Crippen LogP contribution in [0.4, 0.5) is 0 Å². The zero-order valence-corrected chi connectivity index (χ0v) is 11.8. The summed E-state index contributed by atoms with van der Waals surface area (Å²) in [6.07, 6.45) is 0.951. The fraction of sp³-hybridized carbons (Fsp3) is 0.250. The summed E-state index contributed by atoms with van der Waals surface area (Å²) in [4.78, 5) is 0.929. The standard InChI is InChI=1S/C16H18O2S/c1-13-6-4-7-14(12-13)18-10-5-11-19-16-9-3-2-8-15(16)17/h2-4,6-9,12,17H,5,10-11H2,1H3. The van der Waals surface area contributed by atoms with Crippen LogP contribution < -0.4 is 4.74 Å². The van der Waals surface area contributed by atoms with Crippen LogP contribution in [0.1, 0.15) is 12.0 Å². The first-order chi connectivity index (χ1) is 9.25. The molecule has 0 unspecified atom stereocenters. The van der Waals surface area contributed by atoms with E-state index in [0.29, 0.717) is 12.4 Å². The van der Waals surface area contributed by atoms with E-state index in [4.69, 9.17) is 4.74 Å². The van der Waals surface area contributed by atoms with Crippen molar-refractivity contribution in [2.45, 2.75) is 18.2 Å². The number of ether oxygens (including phenoxy) is 1. The maximum atomic E-state index is 9.62. The molecule has 2 nitrogen and oxygen atoms in total. The molecule has 1 N–H and O–H groups in total. The summed E-state index contributed by atoms with van der Waals surface area (Å²) in [6, 6.07) is 15.5. The van der Waals surface area contributed by atoms with E-state index in [1.165, 1.54) is 5.56 Å². The molecule has 0 aliphatic rings. The molecule has 0 amide bonds. The van der Waals surface area contributed by atoms with Crippen LogP contribution in [-0.2, 0) is 0 Å². The van der Waals surface area contributed by atoms with Gasteiger partial charge in [0, 0.05) is 10.6 Å². The van der Waals surface area contributed by atoms with E-state index < -0.39 is 0 Å². The molecular weight excluding hydrogens is 256 g/mol. The molecule has 0 bridgehead atoms. The van der Waals surface area contributed by atoms with E-state index in [-0.39, 0.29) is 0 Å². The van der Waals surface area contributed by atoms with Crippen molar-refractivity contribution in [3.05, 3.63) is 54.1 Å². The minimum absolute atomic E-state index is 0.354. The summed E-state index contributed by atoms with van der Waals surface area (Å²) >= 11 is 1.66. The zero-order chi connectivity index (χ0) is 13.5. The molecular formula is C16H18O2S. The summed E-state index contributed by atoms with van der Waals surface area (Å²) in [7, 11) is 0. The van der Waals surface area contributed by atoms with Crippen LogP contribution in [0.15, 0.2) is 53.4 Å². The molecule has 0 saturated carbocycles. The van der Waals surface area contributed by atoms with E-state index in [1.807, 2.05) is 36.4 Å². The van der Waals surface area contributed by atoms with Crippen molar-refractivity contribution in [2.24, 2.45) is 0 Å². The molecule has 0 fully saturated rings. The van der Waals surface area contributed by atoms with Crippen molar-refractivity contribution in [3.63, 3.8) is 0 Å². The lowest BCUT2D eigenvalue weighted by Crippen LogP contribution is -1.98. The molecule has 0 atom stereocenters. The minimum atomic E-state index is 0.354. The molecule has 0 heterocycles. The Morgan fingerprint density at radius 3 is 2.74 bits per heavy atom. The number of aryl methyl sites for hydroxylation is 1. The fourth-order valence-electron chi connectivity index (χ4n) is 1.72. The van der Waals surface area contributed by atoms with Gasteiger partial charge in [-0.15, -0.1) is 11.8 Å². The molecule has 100 valence electrons. The Bertz CT molecular complexity index is 526. The SMILES string of the molecule is Cc1cccc(OCCCSc2ccccc2O)c1. The van der Waals surface area contributed by atoms with Crippen LogP contribution in [0, 0.1) is 6.92 Å². The Balaban J connectivity index is 1.69. The van der Waals surface area contributed by atoms with E-state index in [1.54, 1.807) is 17.8 Å². The molecule has 3 heteroatoms. The van der Waals surface area contributed by atoms with Gasteiger partial charge < -0.3 is 9.84 Å². The van der Waals surface area contributed by atoms with Gasteiger partial charge in [-0.1, -0.05) is 24.3 Å². The Morgan fingerprint density at radius 2 is 1.95 bits per heavy atom. The summed E-state index contributed by atoms with van der Waals surface area (Å²) < 4.78 is 5.68. The molecule has 2 aromatic rings. The van der Waals surface area contributed by atoms with Gasteiger partial charge in [-0.3, -0.25) is 0 Å². The lowest BCUT2D eigenvalue weighted by Gasteiger charge is -2.07. The smallest absolute Gasteiger partial charge is 0.129 e. The number of aromatic hydroxyl groups is 1. The number of phenols is 1. The molecule has 0 saturated heterocycles. The maximum absolute atomic E-state index is 9.62. The first kappa shape index (κ1) is 13.8. The third-order valence-corrected chi connectivity index (χ3v) is 3.82. The van der Waals surface area contributed by atoms with Gasteiger partial charge in [0.15, 0.2) is 0 Å². The van der Waals surface area contributed by atoms with Crippen LogP contribution in [0.5, 0.6) is 11.5 Å². The highest BCUT2D eigenvalue weighted by molar-refractivity contribution is 7.99. The number of para-hydroxylation sites is 1. The average Bonchev–Trinajstić information content (AvgIpc) is 2.40. The topological polar surface area (TPSA) is 29.5 Å². The molecule has 0 aromatic heterocycles. The number of phenolic OH excluding ortho intramolecular Hbond substituents is 1. The van der Waals surface area contributed by atoms with Crippen molar-refractivity contribution < 1.29 is 9.84 Å². The quantitative estimate of drug-likeness (QED) is 0.630. The highest BCUT2D eigenvalue weighted by Gasteiger charge is 2.00. The Kier molecular flexibility index (Phi) is 5.16. The van der Waals surface area contributed by atoms with Gasteiger partial charge >= 0.3 is 0 Å². The van der Waals surface area contributed by atoms with Crippen molar-refractivity contribution in [2.75, 3.05) is 12.4 Å². The lowest BCUT2D eigenvalue weighted by atomic mass is 10.2. The van der Waals surface area contributed by atoms with Gasteiger partial charge in [0.25, 0.3) is 0 Å². The van der Waals surface area contributed by atoms with Gasteiger partial charge in [-0.05, 0) is 43.2 Å². The molecule has 0 aliphatic heterocycles. The predicted octanol–water partition coefficient (Wildman–Crippen LogP) is 4.26. The highest BCUT2D eigenvalue weighted by Crippen LogP contribution is 2.27. The van der Waals surface area contributed by atoms with Crippen LogP contribution in [0.25, 0.3) is 0 Å². The van der Waals surface area contributed by atoms with E-state index in [2.05, 4.69) is 13.0 Å². The second-order valence-corrected chi connectivity index (χ2v) is 5.47. The third kappa shape index (κ3) is 4.52. The summed E-state index contributed by atoms with van der Waals surface area (Å²) in [5, 5.41) is 9.62. The molecule has 19 heavy (non-hydrogen) atoms. The fourth-order valence-corrected chi connectivity index (χ4v) is 2.59. The lowest BCUT2D eigenvalue weighted by molar-refractivity contribution is 0.318. The molecule has 0 radical (unpaired) electrons. The maximum Gasteiger partial charge on any atom is 0.129 e. The normalized spacial score (nSPS) is 10.4. The van der Waals surface area contributed by atoms with E-state index in [9.17, 15) is 5.11 Å². The molecule has 2 rings (SSSR count). The highest BCUT2D eigenvalue weighted by atomic mass is 32.2. The van der Waals surface area contributed by atoms with Gasteiger partial charge in [0.2, 0.25) is 0 Å². The Hall–Kier alpha value is -1.61. The average molecular weight is 274 g/mol. The van der Waals surface area contributed by atoms with Crippen LogP contribution in [0.3, 0.4) is 0 Å². The first-order valence-corrected chi connectivity index (χ1v) is 7.34. The number of thioether (sulfide) groups is 1. The second-order valence-electron chi connectivity index (χ2n) is 4.33. The van der Waals surface area contributed by atoms with Crippen LogP contribution >= 0.6 is 11.8 Å². The Labute approximate surface area is 118 Å². The number of hydrogen-bond donors (Lipinski definition) is 1. The van der Waals surface area contributed by atoms with E-state index >= 15 is 0 Å². The summed E-state index contributed by atoms with van der Waals surface area (Å²) in [5.74, 6) is 2.21. The largest absolute Gasteiger partial charge is 0.507 e. The minimum Gasteiger partial charge on any atom is -0.507 e. The molecule has 0 aliphatic carbocycles. The van der Waals surface area contributed by atoms with Gasteiger partial charge in [-0.2, -0.15) is 0 Å². The predicted molar refractivity (Wildman–Crippen MR) is 80.1 cm³/mol. The van der Waals surface area contributed by atoms with Crippen molar-refractivity contribution in [3.8, 4) is 11.5 Å². The van der Waals surface area contributed by atoms with E-state index in [0.717, 1.165) is 22.8 Å². The third-order valence-electron chi connectivity index (χ3n) is 2.67. The number of hydrogen-bond acceptors (Lipinski definition) is 3. The molecule has 0 spiro atoms. The second kappa shape index (κ2) is 7.10. The zero-order valence-electron chi connectivity index (χ0n) is 11.0. The first-order valence-electron chi connectivity index (χ1n) is 6.36. The van der Waals surface area contributed by atoms with Crippen LogP contribution in [0.2, 0.25) is 0 Å². The number of rotatable bonds is 6. The Morgan fingerprint density at radius 1 is 1.11 bits per heavy atom. The summed E-state index contributed by atoms with van der Waals surface area (Å²) in [5.41, 5.74) is 1.21.